The van der Waals surface area contributed by atoms with E-state index in [0.717, 1.165) is 12.0 Å². The maximum atomic E-state index is 13.5. The van der Waals surface area contributed by atoms with Gasteiger partial charge in [-0.05, 0) is 54.5 Å². The van der Waals surface area contributed by atoms with Crippen LogP contribution in [-0.4, -0.2) is 22.6 Å². The number of hydrogen-bond acceptors (Lipinski definition) is 3. The topological polar surface area (TPSA) is 66.5 Å². The minimum atomic E-state index is -0.769. The van der Waals surface area contributed by atoms with E-state index < -0.39 is 11.9 Å². The second kappa shape index (κ2) is 7.45. The molecule has 2 aromatic rings. The number of rotatable bonds is 5. The van der Waals surface area contributed by atoms with Crippen LogP contribution in [0.3, 0.4) is 0 Å². The highest BCUT2D eigenvalue weighted by atomic mass is 19.1. The molecular formula is C25H23FN2O3. The first-order valence-electron chi connectivity index (χ1n) is 10.6. The fourth-order valence-electron chi connectivity index (χ4n) is 5.37. The molecule has 158 valence electrons. The Balaban J connectivity index is 1.45. The predicted octanol–water partition coefficient (Wildman–Crippen LogP) is 4.01. The summed E-state index contributed by atoms with van der Waals surface area (Å²) >= 11 is 0. The van der Waals surface area contributed by atoms with E-state index in [1.165, 1.54) is 17.0 Å². The van der Waals surface area contributed by atoms with E-state index in [-0.39, 0.29) is 47.8 Å². The van der Waals surface area contributed by atoms with E-state index in [9.17, 15) is 18.8 Å². The second-order valence-electron chi connectivity index (χ2n) is 8.68. The van der Waals surface area contributed by atoms with Crippen molar-refractivity contribution in [1.29, 1.82) is 0 Å². The first kappa shape index (κ1) is 19.7. The summed E-state index contributed by atoms with van der Waals surface area (Å²) in [6.07, 6.45) is 4.84. The SMILES string of the molecule is Cc1ccccc1NC(=O)CC(c1ccc(F)cc1)N1C(=O)C2C3C=CC(C3)C2C1=O. The molecule has 0 spiro atoms. The molecule has 5 nitrogen and oxygen atoms in total. The van der Waals surface area contributed by atoms with Gasteiger partial charge in [-0.1, -0.05) is 42.5 Å². The zero-order valence-electron chi connectivity index (χ0n) is 17.1. The monoisotopic (exact) mass is 418 g/mol. The highest BCUT2D eigenvalue weighted by molar-refractivity contribution is 6.07. The molecular weight excluding hydrogens is 395 g/mol. The molecule has 1 saturated carbocycles. The molecule has 2 aromatic carbocycles. The van der Waals surface area contributed by atoms with Crippen LogP contribution in [0.2, 0.25) is 0 Å². The quantitative estimate of drug-likeness (QED) is 0.589. The Morgan fingerprint density at radius 3 is 2.26 bits per heavy atom. The van der Waals surface area contributed by atoms with E-state index in [0.29, 0.717) is 11.3 Å². The van der Waals surface area contributed by atoms with Gasteiger partial charge >= 0.3 is 0 Å². The number of amides is 3. The first-order chi connectivity index (χ1) is 14.9. The third-order valence-corrected chi connectivity index (χ3v) is 6.87. The summed E-state index contributed by atoms with van der Waals surface area (Å²) in [6, 6.07) is 12.3. The number of nitrogens with one attached hydrogen (secondary N) is 1. The molecule has 2 aliphatic carbocycles. The summed E-state index contributed by atoms with van der Waals surface area (Å²) in [5, 5.41) is 2.88. The number of allylic oxidation sites excluding steroid dienone is 2. The normalized spacial score (nSPS) is 27.0. The Bertz CT molecular complexity index is 1060. The minimum Gasteiger partial charge on any atom is -0.326 e. The molecule has 1 saturated heterocycles. The van der Waals surface area contributed by atoms with Crippen molar-refractivity contribution in [3.05, 3.63) is 77.6 Å². The van der Waals surface area contributed by atoms with Crippen molar-refractivity contribution >= 4 is 23.4 Å². The average molecular weight is 418 g/mol. The van der Waals surface area contributed by atoms with Crippen LogP contribution in [0.15, 0.2) is 60.7 Å². The van der Waals surface area contributed by atoms with Gasteiger partial charge in [0.25, 0.3) is 0 Å². The molecule has 5 unspecified atom stereocenters. The zero-order valence-corrected chi connectivity index (χ0v) is 17.1. The van der Waals surface area contributed by atoms with Crippen LogP contribution in [0.4, 0.5) is 10.1 Å². The molecule has 6 heteroatoms. The van der Waals surface area contributed by atoms with Gasteiger partial charge in [-0.2, -0.15) is 0 Å². The number of carbonyl (C=O) groups is 3. The van der Waals surface area contributed by atoms with Gasteiger partial charge in [0.1, 0.15) is 5.82 Å². The van der Waals surface area contributed by atoms with Crippen LogP contribution in [0.5, 0.6) is 0 Å². The van der Waals surface area contributed by atoms with E-state index in [4.69, 9.17) is 0 Å². The third kappa shape index (κ3) is 3.26. The van der Waals surface area contributed by atoms with E-state index >= 15 is 0 Å². The number of anilines is 1. The lowest BCUT2D eigenvalue weighted by Crippen LogP contribution is -2.38. The number of aryl methyl sites for hydroxylation is 1. The Morgan fingerprint density at radius 1 is 1.03 bits per heavy atom. The lowest BCUT2D eigenvalue weighted by molar-refractivity contribution is -0.144. The molecule has 0 aromatic heterocycles. The van der Waals surface area contributed by atoms with Gasteiger partial charge in [-0.25, -0.2) is 4.39 Å². The van der Waals surface area contributed by atoms with Crippen LogP contribution >= 0.6 is 0 Å². The molecule has 3 aliphatic rings. The summed E-state index contributed by atoms with van der Waals surface area (Å²) in [5.41, 5.74) is 2.17. The number of carbonyl (C=O) groups excluding carboxylic acids is 3. The maximum absolute atomic E-state index is 13.5. The van der Waals surface area contributed by atoms with Crippen molar-refractivity contribution in [3.63, 3.8) is 0 Å². The number of halogens is 1. The van der Waals surface area contributed by atoms with E-state index in [2.05, 4.69) is 5.32 Å². The van der Waals surface area contributed by atoms with Crippen molar-refractivity contribution in [2.45, 2.75) is 25.8 Å². The summed E-state index contributed by atoms with van der Waals surface area (Å²) in [4.78, 5) is 40.9. The van der Waals surface area contributed by atoms with Gasteiger partial charge in [0.05, 0.1) is 24.3 Å². The molecule has 31 heavy (non-hydrogen) atoms. The molecule has 1 heterocycles. The Hall–Kier alpha value is -3.28. The molecule has 3 amide bonds. The molecule has 1 N–H and O–H groups in total. The molecule has 1 aliphatic heterocycles. The Morgan fingerprint density at radius 2 is 1.65 bits per heavy atom. The Labute approximate surface area is 179 Å². The largest absolute Gasteiger partial charge is 0.326 e. The maximum Gasteiger partial charge on any atom is 0.234 e. The van der Waals surface area contributed by atoms with Crippen LogP contribution in [0.25, 0.3) is 0 Å². The van der Waals surface area contributed by atoms with Gasteiger partial charge in [0.2, 0.25) is 17.7 Å². The third-order valence-electron chi connectivity index (χ3n) is 6.87. The fourth-order valence-corrected chi connectivity index (χ4v) is 5.37. The number of likely N-dealkylation sites (tertiary alicyclic amines) is 1. The average Bonchev–Trinajstić information content (AvgIpc) is 3.43. The van der Waals surface area contributed by atoms with E-state index in [1.54, 1.807) is 18.2 Å². The first-order valence-corrected chi connectivity index (χ1v) is 10.6. The van der Waals surface area contributed by atoms with Crippen molar-refractivity contribution in [2.75, 3.05) is 5.32 Å². The number of para-hydroxylation sites is 1. The van der Waals surface area contributed by atoms with Crippen LogP contribution in [-0.2, 0) is 14.4 Å². The number of fused-ring (bicyclic) bond motifs is 5. The second-order valence-corrected chi connectivity index (χ2v) is 8.68. The van der Waals surface area contributed by atoms with Crippen LogP contribution in [0, 0.1) is 36.4 Å². The smallest absolute Gasteiger partial charge is 0.234 e. The number of imide groups is 1. The van der Waals surface area contributed by atoms with E-state index in [1.807, 2.05) is 37.3 Å². The van der Waals surface area contributed by atoms with Crippen molar-refractivity contribution < 1.29 is 18.8 Å². The number of benzene rings is 2. The van der Waals surface area contributed by atoms with Crippen molar-refractivity contribution in [2.24, 2.45) is 23.7 Å². The molecule has 2 fully saturated rings. The van der Waals surface area contributed by atoms with Gasteiger partial charge < -0.3 is 5.32 Å². The number of nitrogens with zero attached hydrogens (tertiary/aromatic N) is 1. The Kier molecular flexibility index (Phi) is 4.73. The zero-order chi connectivity index (χ0) is 21.7. The highest BCUT2D eigenvalue weighted by Crippen LogP contribution is 2.54. The van der Waals surface area contributed by atoms with Gasteiger partial charge in [0, 0.05) is 5.69 Å². The van der Waals surface area contributed by atoms with Gasteiger partial charge in [-0.3, -0.25) is 19.3 Å². The molecule has 0 radical (unpaired) electrons. The van der Waals surface area contributed by atoms with Crippen molar-refractivity contribution in [3.8, 4) is 0 Å². The van der Waals surface area contributed by atoms with Gasteiger partial charge in [-0.15, -0.1) is 0 Å². The fraction of sp³-hybridized carbons (Fsp3) is 0.320. The molecule has 5 atom stereocenters. The minimum absolute atomic E-state index is 0.0837. The van der Waals surface area contributed by atoms with Gasteiger partial charge in [0.15, 0.2) is 0 Å². The summed E-state index contributed by atoms with van der Waals surface area (Å²) in [6.45, 7) is 1.89. The van der Waals surface area contributed by atoms with Crippen LogP contribution < -0.4 is 5.32 Å². The molecule has 5 rings (SSSR count). The molecule has 2 bridgehead atoms. The number of hydrogen-bond donors (Lipinski definition) is 1. The standard InChI is InChI=1S/C25H23FN2O3/c1-14-4-2-3-5-19(14)27-21(29)13-20(15-8-10-18(26)11-9-15)28-24(30)22-16-6-7-17(12-16)23(22)25(28)31/h2-11,16-17,20,22-23H,12-13H2,1H3,(H,27,29). The lowest BCUT2D eigenvalue weighted by Gasteiger charge is -2.28. The highest BCUT2D eigenvalue weighted by Gasteiger charge is 2.60. The van der Waals surface area contributed by atoms with Crippen LogP contribution in [0.1, 0.15) is 30.0 Å². The summed E-state index contributed by atoms with van der Waals surface area (Å²) in [7, 11) is 0. The lowest BCUT2D eigenvalue weighted by atomic mass is 9.85. The summed E-state index contributed by atoms with van der Waals surface area (Å²) < 4.78 is 13.5. The van der Waals surface area contributed by atoms with Crippen molar-refractivity contribution in [1.82, 2.24) is 4.90 Å². The summed E-state index contributed by atoms with van der Waals surface area (Å²) in [5.74, 6) is -1.66. The predicted molar refractivity (Wildman–Crippen MR) is 113 cm³/mol.